The van der Waals surface area contributed by atoms with E-state index in [1.54, 1.807) is 6.92 Å². The van der Waals surface area contributed by atoms with E-state index in [9.17, 15) is 13.2 Å². The lowest BCUT2D eigenvalue weighted by atomic mass is 9.86. The van der Waals surface area contributed by atoms with Gasteiger partial charge in [0.1, 0.15) is 0 Å². The summed E-state index contributed by atoms with van der Waals surface area (Å²) in [6.07, 6.45) is -4.41. The maximum atomic E-state index is 13.8. The first kappa shape index (κ1) is 15.9. The Morgan fingerprint density at radius 3 is 2.40 bits per heavy atom. The molecule has 0 aliphatic heterocycles. The molecular formula is C21H16F3N. The standard InChI is InChI=1S/C21H16F3N/c1-12-6-5-7-14(10-12)18-15-8-3-4-9-16(15)20-19(18)17(21(22,23)24)11-13(2)25-20/h3-11,18H,1-2H3. The van der Waals surface area contributed by atoms with Gasteiger partial charge in [-0.3, -0.25) is 4.98 Å². The first-order valence-corrected chi connectivity index (χ1v) is 8.11. The van der Waals surface area contributed by atoms with Crippen LogP contribution in [0.25, 0.3) is 11.3 Å². The highest BCUT2D eigenvalue weighted by molar-refractivity contribution is 5.79. The summed E-state index contributed by atoms with van der Waals surface area (Å²) >= 11 is 0. The average Bonchev–Trinajstić information content (AvgIpc) is 2.87. The van der Waals surface area contributed by atoms with Crippen LogP contribution in [0, 0.1) is 13.8 Å². The van der Waals surface area contributed by atoms with Gasteiger partial charge in [0.25, 0.3) is 0 Å². The van der Waals surface area contributed by atoms with E-state index in [-0.39, 0.29) is 5.56 Å². The number of alkyl halides is 3. The van der Waals surface area contributed by atoms with Crippen molar-refractivity contribution in [3.8, 4) is 11.3 Å². The van der Waals surface area contributed by atoms with Crippen molar-refractivity contribution in [2.75, 3.05) is 0 Å². The average molecular weight is 339 g/mol. The zero-order valence-corrected chi connectivity index (χ0v) is 13.9. The van der Waals surface area contributed by atoms with Crippen molar-refractivity contribution in [3.63, 3.8) is 0 Å². The van der Waals surface area contributed by atoms with Gasteiger partial charge in [-0.15, -0.1) is 0 Å². The molecule has 0 spiro atoms. The molecule has 1 heterocycles. The number of aryl methyl sites for hydroxylation is 2. The van der Waals surface area contributed by atoms with Gasteiger partial charge in [0.2, 0.25) is 0 Å². The minimum Gasteiger partial charge on any atom is -0.253 e. The molecule has 0 fully saturated rings. The summed E-state index contributed by atoms with van der Waals surface area (Å²) in [5, 5.41) is 0. The summed E-state index contributed by atoms with van der Waals surface area (Å²) in [7, 11) is 0. The van der Waals surface area contributed by atoms with Crippen molar-refractivity contribution >= 4 is 0 Å². The molecule has 1 aliphatic rings. The molecule has 0 N–H and O–H groups in total. The quantitative estimate of drug-likeness (QED) is 0.422. The van der Waals surface area contributed by atoms with E-state index >= 15 is 0 Å². The lowest BCUT2D eigenvalue weighted by molar-refractivity contribution is -0.138. The highest BCUT2D eigenvalue weighted by Crippen LogP contribution is 2.51. The smallest absolute Gasteiger partial charge is 0.253 e. The van der Waals surface area contributed by atoms with Crippen LogP contribution in [-0.2, 0) is 6.18 Å². The van der Waals surface area contributed by atoms with E-state index in [4.69, 9.17) is 0 Å². The molecule has 1 atom stereocenters. The van der Waals surface area contributed by atoms with Gasteiger partial charge in [0.05, 0.1) is 11.3 Å². The molecule has 126 valence electrons. The Morgan fingerprint density at radius 1 is 0.920 bits per heavy atom. The minimum atomic E-state index is -4.41. The van der Waals surface area contributed by atoms with Crippen LogP contribution in [0.5, 0.6) is 0 Å². The van der Waals surface area contributed by atoms with Crippen LogP contribution in [-0.4, -0.2) is 4.98 Å². The molecule has 1 unspecified atom stereocenters. The molecule has 2 aromatic carbocycles. The number of hydrogen-bond donors (Lipinski definition) is 0. The molecular weight excluding hydrogens is 323 g/mol. The summed E-state index contributed by atoms with van der Waals surface area (Å²) < 4.78 is 41.4. The van der Waals surface area contributed by atoms with E-state index in [2.05, 4.69) is 4.98 Å². The van der Waals surface area contributed by atoms with E-state index in [0.29, 0.717) is 11.4 Å². The number of rotatable bonds is 1. The predicted octanol–water partition coefficient (Wildman–Crippen LogP) is 5.88. The van der Waals surface area contributed by atoms with Crippen molar-refractivity contribution in [2.24, 2.45) is 0 Å². The molecule has 4 rings (SSSR count). The van der Waals surface area contributed by atoms with E-state index in [0.717, 1.165) is 28.3 Å². The summed E-state index contributed by atoms with van der Waals surface area (Å²) in [6.45, 7) is 3.56. The van der Waals surface area contributed by atoms with Gasteiger partial charge in [-0.05, 0) is 31.0 Å². The first-order valence-electron chi connectivity index (χ1n) is 8.11. The Balaban J connectivity index is 2.08. The second-order valence-electron chi connectivity index (χ2n) is 6.51. The summed E-state index contributed by atoms with van der Waals surface area (Å²) in [6, 6.07) is 16.3. The first-order chi connectivity index (χ1) is 11.9. The van der Waals surface area contributed by atoms with Crippen LogP contribution in [0.4, 0.5) is 13.2 Å². The van der Waals surface area contributed by atoms with Crippen molar-refractivity contribution in [1.29, 1.82) is 0 Å². The van der Waals surface area contributed by atoms with Gasteiger partial charge in [-0.2, -0.15) is 13.2 Å². The van der Waals surface area contributed by atoms with Crippen LogP contribution in [0.2, 0.25) is 0 Å². The molecule has 1 aliphatic carbocycles. The molecule has 0 amide bonds. The van der Waals surface area contributed by atoms with Crippen molar-refractivity contribution in [3.05, 3.63) is 88.1 Å². The lowest BCUT2D eigenvalue weighted by Crippen LogP contribution is -2.13. The van der Waals surface area contributed by atoms with Gasteiger partial charge in [0, 0.05) is 22.7 Å². The Hall–Kier alpha value is -2.62. The van der Waals surface area contributed by atoms with Crippen LogP contribution in [0.3, 0.4) is 0 Å². The highest BCUT2D eigenvalue weighted by Gasteiger charge is 2.42. The molecule has 0 saturated carbocycles. The monoisotopic (exact) mass is 339 g/mol. The second kappa shape index (κ2) is 5.45. The predicted molar refractivity (Wildman–Crippen MR) is 91.5 cm³/mol. The number of aromatic nitrogens is 1. The molecule has 0 bridgehead atoms. The Morgan fingerprint density at radius 2 is 1.68 bits per heavy atom. The third-order valence-corrected chi connectivity index (χ3v) is 4.68. The number of halogens is 3. The maximum Gasteiger partial charge on any atom is 0.416 e. The fourth-order valence-electron chi connectivity index (χ4n) is 3.73. The molecule has 3 aromatic rings. The van der Waals surface area contributed by atoms with Gasteiger partial charge >= 0.3 is 6.18 Å². The van der Waals surface area contributed by atoms with Crippen LogP contribution >= 0.6 is 0 Å². The van der Waals surface area contributed by atoms with Crippen molar-refractivity contribution in [2.45, 2.75) is 25.9 Å². The third-order valence-electron chi connectivity index (χ3n) is 4.68. The van der Waals surface area contributed by atoms with E-state index < -0.39 is 17.7 Å². The number of pyridine rings is 1. The van der Waals surface area contributed by atoms with Crippen molar-refractivity contribution in [1.82, 2.24) is 4.98 Å². The molecule has 0 radical (unpaired) electrons. The normalized spacial score (nSPS) is 15.8. The Labute approximate surface area is 144 Å². The van der Waals surface area contributed by atoms with E-state index in [1.807, 2.05) is 55.5 Å². The van der Waals surface area contributed by atoms with Crippen molar-refractivity contribution < 1.29 is 13.2 Å². The van der Waals surface area contributed by atoms with Gasteiger partial charge in [-0.25, -0.2) is 0 Å². The number of fused-ring (bicyclic) bond motifs is 3. The molecule has 0 saturated heterocycles. The fraction of sp³-hybridized carbons (Fsp3) is 0.190. The van der Waals surface area contributed by atoms with Gasteiger partial charge in [-0.1, -0.05) is 54.1 Å². The molecule has 25 heavy (non-hydrogen) atoms. The number of nitrogens with zero attached hydrogens (tertiary/aromatic N) is 1. The number of benzene rings is 2. The van der Waals surface area contributed by atoms with Crippen LogP contribution in [0.1, 0.15) is 39.4 Å². The lowest BCUT2D eigenvalue weighted by Gasteiger charge is -2.19. The SMILES string of the molecule is Cc1cccc(C2c3ccccc3-c3nc(C)cc(C(F)(F)F)c32)c1. The topological polar surface area (TPSA) is 12.9 Å². The summed E-state index contributed by atoms with van der Waals surface area (Å²) in [5.41, 5.74) is 4.08. The zero-order chi connectivity index (χ0) is 17.8. The Kier molecular flexibility index (Phi) is 3.46. The fourth-order valence-corrected chi connectivity index (χ4v) is 3.73. The largest absolute Gasteiger partial charge is 0.416 e. The second-order valence-corrected chi connectivity index (χ2v) is 6.51. The molecule has 4 heteroatoms. The van der Waals surface area contributed by atoms with Crippen LogP contribution < -0.4 is 0 Å². The molecule has 1 nitrogen and oxygen atoms in total. The number of hydrogen-bond acceptors (Lipinski definition) is 1. The van der Waals surface area contributed by atoms with E-state index in [1.165, 1.54) is 0 Å². The molecule has 1 aromatic heterocycles. The summed E-state index contributed by atoms with van der Waals surface area (Å²) in [5.74, 6) is -0.448. The Bertz CT molecular complexity index is 973. The maximum absolute atomic E-state index is 13.8. The summed E-state index contributed by atoms with van der Waals surface area (Å²) in [4.78, 5) is 4.47. The highest BCUT2D eigenvalue weighted by atomic mass is 19.4. The minimum absolute atomic E-state index is 0.268. The van der Waals surface area contributed by atoms with Gasteiger partial charge in [0.15, 0.2) is 0 Å². The van der Waals surface area contributed by atoms with Crippen LogP contribution in [0.15, 0.2) is 54.6 Å². The third kappa shape index (κ3) is 2.53. The zero-order valence-electron chi connectivity index (χ0n) is 13.9. The van der Waals surface area contributed by atoms with Gasteiger partial charge < -0.3 is 0 Å².